The second-order valence-electron chi connectivity index (χ2n) is 3.70. The lowest BCUT2D eigenvalue weighted by Crippen LogP contribution is -2.06. The quantitative estimate of drug-likeness (QED) is 0.846. The van der Waals surface area contributed by atoms with Crippen molar-refractivity contribution in [1.82, 2.24) is 9.97 Å². The van der Waals surface area contributed by atoms with E-state index in [4.69, 9.17) is 14.7 Å². The molecule has 0 unspecified atom stereocenters. The fraction of sp³-hybridized carbons (Fsp3) is 0.250. The predicted molar refractivity (Wildman–Crippen MR) is 66.9 cm³/mol. The Balaban J connectivity index is 2.04. The first-order valence-electron chi connectivity index (χ1n) is 5.34. The second-order valence-corrected chi connectivity index (χ2v) is 4.70. The SMILES string of the molecule is CC(C)Oc1ccc(Oc2ncc(C#N)s2)cn1. The summed E-state index contributed by atoms with van der Waals surface area (Å²) in [6, 6.07) is 5.48. The molecule has 0 spiro atoms. The van der Waals surface area contributed by atoms with Crippen LogP contribution in [0.5, 0.6) is 16.8 Å². The number of ether oxygens (including phenoxy) is 2. The van der Waals surface area contributed by atoms with Crippen LogP contribution in [0.25, 0.3) is 0 Å². The molecule has 2 heterocycles. The molecule has 0 aliphatic rings. The lowest BCUT2D eigenvalue weighted by Gasteiger charge is -2.08. The van der Waals surface area contributed by atoms with Gasteiger partial charge < -0.3 is 9.47 Å². The van der Waals surface area contributed by atoms with Gasteiger partial charge in [-0.3, -0.25) is 0 Å². The van der Waals surface area contributed by atoms with Crippen LogP contribution in [-0.4, -0.2) is 16.1 Å². The van der Waals surface area contributed by atoms with Crippen molar-refractivity contribution in [2.45, 2.75) is 20.0 Å². The van der Waals surface area contributed by atoms with Crippen LogP contribution >= 0.6 is 11.3 Å². The molecule has 0 atom stereocenters. The Morgan fingerprint density at radius 1 is 1.28 bits per heavy atom. The van der Waals surface area contributed by atoms with Gasteiger partial charge in [-0.1, -0.05) is 11.3 Å². The maximum absolute atomic E-state index is 8.67. The van der Waals surface area contributed by atoms with Crippen LogP contribution in [-0.2, 0) is 0 Å². The van der Waals surface area contributed by atoms with Gasteiger partial charge in [0.1, 0.15) is 16.7 Å². The molecule has 2 aromatic heterocycles. The van der Waals surface area contributed by atoms with Crippen molar-refractivity contribution in [2.75, 3.05) is 0 Å². The van der Waals surface area contributed by atoms with Gasteiger partial charge >= 0.3 is 0 Å². The molecule has 0 bridgehead atoms. The van der Waals surface area contributed by atoms with E-state index >= 15 is 0 Å². The maximum atomic E-state index is 8.67. The Labute approximate surface area is 109 Å². The largest absolute Gasteiger partial charge is 0.475 e. The van der Waals surface area contributed by atoms with E-state index in [0.29, 0.717) is 21.7 Å². The van der Waals surface area contributed by atoms with Gasteiger partial charge in [0.05, 0.1) is 18.5 Å². The van der Waals surface area contributed by atoms with E-state index in [-0.39, 0.29) is 6.10 Å². The van der Waals surface area contributed by atoms with E-state index < -0.39 is 0 Å². The number of hydrogen-bond acceptors (Lipinski definition) is 6. The Hall–Kier alpha value is -2.13. The Morgan fingerprint density at radius 3 is 2.67 bits per heavy atom. The highest BCUT2D eigenvalue weighted by Gasteiger charge is 2.05. The molecule has 0 saturated heterocycles. The average molecular weight is 261 g/mol. The fourth-order valence-electron chi connectivity index (χ4n) is 1.20. The zero-order valence-corrected chi connectivity index (χ0v) is 10.8. The number of pyridine rings is 1. The van der Waals surface area contributed by atoms with E-state index in [2.05, 4.69) is 9.97 Å². The van der Waals surface area contributed by atoms with Crippen molar-refractivity contribution < 1.29 is 9.47 Å². The van der Waals surface area contributed by atoms with Crippen molar-refractivity contribution in [2.24, 2.45) is 0 Å². The first-order chi connectivity index (χ1) is 8.67. The third kappa shape index (κ3) is 3.18. The summed E-state index contributed by atoms with van der Waals surface area (Å²) in [7, 11) is 0. The minimum Gasteiger partial charge on any atom is -0.475 e. The summed E-state index contributed by atoms with van der Waals surface area (Å²) in [5.41, 5.74) is 0. The van der Waals surface area contributed by atoms with E-state index in [1.807, 2.05) is 19.9 Å². The van der Waals surface area contributed by atoms with Gasteiger partial charge in [-0.2, -0.15) is 5.26 Å². The highest BCUT2D eigenvalue weighted by Crippen LogP contribution is 2.26. The topological polar surface area (TPSA) is 68.0 Å². The van der Waals surface area contributed by atoms with Gasteiger partial charge in [0.25, 0.3) is 5.19 Å². The summed E-state index contributed by atoms with van der Waals surface area (Å²) < 4.78 is 10.9. The highest BCUT2D eigenvalue weighted by atomic mass is 32.1. The molecule has 5 nitrogen and oxygen atoms in total. The number of nitrogens with zero attached hydrogens (tertiary/aromatic N) is 3. The van der Waals surface area contributed by atoms with Crippen molar-refractivity contribution in [3.05, 3.63) is 29.4 Å². The normalized spacial score (nSPS) is 10.1. The monoisotopic (exact) mass is 261 g/mol. The van der Waals surface area contributed by atoms with Crippen LogP contribution in [0.2, 0.25) is 0 Å². The van der Waals surface area contributed by atoms with Crippen LogP contribution in [0.4, 0.5) is 0 Å². The fourth-order valence-corrected chi connectivity index (χ4v) is 1.78. The summed E-state index contributed by atoms with van der Waals surface area (Å²) in [4.78, 5) is 8.59. The van der Waals surface area contributed by atoms with Crippen LogP contribution in [0.15, 0.2) is 24.5 Å². The molecule has 0 aromatic carbocycles. The summed E-state index contributed by atoms with van der Waals surface area (Å²) in [6.45, 7) is 3.87. The van der Waals surface area contributed by atoms with Gasteiger partial charge in [-0.15, -0.1) is 0 Å². The van der Waals surface area contributed by atoms with Crippen LogP contribution < -0.4 is 9.47 Å². The molecule has 0 radical (unpaired) electrons. The number of rotatable bonds is 4. The Morgan fingerprint density at radius 2 is 2.11 bits per heavy atom. The average Bonchev–Trinajstić information content (AvgIpc) is 2.79. The zero-order chi connectivity index (χ0) is 13.0. The first-order valence-corrected chi connectivity index (χ1v) is 6.15. The maximum Gasteiger partial charge on any atom is 0.280 e. The lowest BCUT2D eigenvalue weighted by molar-refractivity contribution is 0.232. The van der Waals surface area contributed by atoms with Gasteiger partial charge in [-0.25, -0.2) is 9.97 Å². The lowest BCUT2D eigenvalue weighted by atomic mass is 10.4. The molecule has 18 heavy (non-hydrogen) atoms. The Bertz CT molecular complexity index is 557. The molecule has 2 aromatic rings. The van der Waals surface area contributed by atoms with Crippen LogP contribution in [0.1, 0.15) is 18.7 Å². The molecule has 2 rings (SSSR count). The number of hydrogen-bond donors (Lipinski definition) is 0. The van der Waals surface area contributed by atoms with Gasteiger partial charge in [0.2, 0.25) is 5.88 Å². The summed E-state index contributed by atoms with van der Waals surface area (Å²) in [5, 5.41) is 9.10. The smallest absolute Gasteiger partial charge is 0.280 e. The second kappa shape index (κ2) is 5.47. The summed E-state index contributed by atoms with van der Waals surface area (Å²) in [5.74, 6) is 1.11. The van der Waals surface area contributed by atoms with Gasteiger partial charge in [-0.05, 0) is 19.9 Å². The third-order valence-electron chi connectivity index (χ3n) is 1.87. The van der Waals surface area contributed by atoms with E-state index in [9.17, 15) is 0 Å². The minimum absolute atomic E-state index is 0.0846. The van der Waals surface area contributed by atoms with E-state index in [0.717, 1.165) is 0 Å². The number of thiazole rings is 1. The zero-order valence-electron chi connectivity index (χ0n) is 9.95. The van der Waals surface area contributed by atoms with Gasteiger partial charge in [0, 0.05) is 6.07 Å². The number of aromatic nitrogens is 2. The third-order valence-corrected chi connectivity index (χ3v) is 2.65. The van der Waals surface area contributed by atoms with Crippen molar-refractivity contribution in [1.29, 1.82) is 5.26 Å². The van der Waals surface area contributed by atoms with Crippen LogP contribution in [0, 0.1) is 11.3 Å². The Kier molecular flexibility index (Phi) is 3.75. The molecule has 0 aliphatic heterocycles. The molecular weight excluding hydrogens is 250 g/mol. The predicted octanol–water partition coefficient (Wildman–Crippen LogP) is 2.99. The molecule has 0 amide bonds. The van der Waals surface area contributed by atoms with E-state index in [1.165, 1.54) is 17.5 Å². The molecular formula is C12H11N3O2S. The van der Waals surface area contributed by atoms with Crippen molar-refractivity contribution >= 4 is 11.3 Å². The summed E-state index contributed by atoms with van der Waals surface area (Å²) >= 11 is 1.19. The summed E-state index contributed by atoms with van der Waals surface area (Å²) in [6.07, 6.45) is 3.12. The molecule has 0 N–H and O–H groups in total. The highest BCUT2D eigenvalue weighted by molar-refractivity contribution is 7.13. The van der Waals surface area contributed by atoms with Crippen LogP contribution in [0.3, 0.4) is 0 Å². The standard InChI is InChI=1S/C12H11N3O2S/c1-8(2)16-11-4-3-9(6-14-11)17-12-15-7-10(5-13)18-12/h3-4,6-8H,1-2H3. The first kappa shape index (κ1) is 12.3. The molecule has 0 saturated carbocycles. The number of nitriles is 1. The molecule has 0 fully saturated rings. The molecule has 92 valence electrons. The molecule has 6 heteroatoms. The van der Waals surface area contributed by atoms with Crippen molar-refractivity contribution in [3.8, 4) is 22.9 Å². The van der Waals surface area contributed by atoms with E-state index in [1.54, 1.807) is 18.3 Å². The molecule has 0 aliphatic carbocycles. The van der Waals surface area contributed by atoms with Gasteiger partial charge in [0.15, 0.2) is 0 Å². The van der Waals surface area contributed by atoms with Crippen molar-refractivity contribution in [3.63, 3.8) is 0 Å². The minimum atomic E-state index is 0.0846.